The fraction of sp³-hybridized carbons (Fsp3) is 0.200. The Balaban J connectivity index is 1.36. The number of rotatable bonds is 3. The van der Waals surface area contributed by atoms with Crippen molar-refractivity contribution in [2.24, 2.45) is 0 Å². The molecule has 1 aromatic heterocycles. The summed E-state index contributed by atoms with van der Waals surface area (Å²) in [6, 6.07) is 34.5. The molecule has 5 atom stereocenters. The van der Waals surface area contributed by atoms with Gasteiger partial charge in [-0.25, -0.2) is 4.90 Å². The van der Waals surface area contributed by atoms with E-state index in [1.165, 1.54) is 49.6 Å². The molecule has 3 nitrogen and oxygen atoms in total. The molecule has 2 aliphatic heterocycles. The van der Waals surface area contributed by atoms with E-state index in [-0.39, 0.29) is 17.2 Å². The minimum Gasteiger partial charge on any atom is -0.322 e. The summed E-state index contributed by atoms with van der Waals surface area (Å²) in [5.41, 5.74) is 9.54. The van der Waals surface area contributed by atoms with Gasteiger partial charge in [-0.1, -0.05) is 117 Å². The van der Waals surface area contributed by atoms with Gasteiger partial charge in [-0.05, 0) is 40.0 Å². The van der Waals surface area contributed by atoms with E-state index in [2.05, 4.69) is 144 Å². The molecule has 4 aromatic carbocycles. The van der Waals surface area contributed by atoms with E-state index < -0.39 is 0 Å². The lowest BCUT2D eigenvalue weighted by atomic mass is 9.81. The molecule has 3 heterocycles. The molecule has 0 amide bonds. The molecule has 0 bridgehead atoms. The van der Waals surface area contributed by atoms with Crippen molar-refractivity contribution >= 4 is 21.8 Å². The van der Waals surface area contributed by atoms with Crippen LogP contribution in [0.1, 0.15) is 42.7 Å². The van der Waals surface area contributed by atoms with Gasteiger partial charge in [-0.2, -0.15) is 0 Å². The molecule has 0 spiro atoms. The van der Waals surface area contributed by atoms with Crippen molar-refractivity contribution in [3.63, 3.8) is 0 Å². The molecule has 5 unspecified atom stereocenters. The first-order valence-corrected chi connectivity index (χ1v) is 13.7. The molecular formula is C35H29N3. The predicted molar refractivity (Wildman–Crippen MR) is 155 cm³/mol. The molecule has 1 N–H and O–H groups in total. The average molecular weight is 492 g/mol. The lowest BCUT2D eigenvalue weighted by molar-refractivity contribution is 0.353. The van der Waals surface area contributed by atoms with Crippen molar-refractivity contribution < 1.29 is 0 Å². The Kier molecular flexibility index (Phi) is 3.84. The Morgan fingerprint density at radius 1 is 0.737 bits per heavy atom. The third-order valence-corrected chi connectivity index (χ3v) is 9.54. The Hall–Kier alpha value is -3.92. The SMILES string of the molecule is CC1(C)c2ccccc2-c2ccc3c4ccccc4n(C4C(c5ccccc5)N4C45C=CC=CC4N5)c3c21. The van der Waals surface area contributed by atoms with Crippen molar-refractivity contribution in [3.05, 3.63) is 132 Å². The second-order valence-corrected chi connectivity index (χ2v) is 11.8. The average Bonchev–Trinajstić information content (AvgIpc) is 3.84. The second kappa shape index (κ2) is 6.93. The van der Waals surface area contributed by atoms with Crippen molar-refractivity contribution in [1.82, 2.24) is 14.8 Å². The number of nitrogens with one attached hydrogen (secondary N) is 1. The normalized spacial score (nSPS) is 29.3. The number of allylic oxidation sites excluding steroid dienone is 2. The summed E-state index contributed by atoms with van der Waals surface area (Å²) in [5, 5.41) is 6.51. The monoisotopic (exact) mass is 491 g/mol. The van der Waals surface area contributed by atoms with Gasteiger partial charge in [0.15, 0.2) is 0 Å². The first-order valence-electron chi connectivity index (χ1n) is 13.7. The molecule has 2 aliphatic carbocycles. The van der Waals surface area contributed by atoms with Gasteiger partial charge in [-0.15, -0.1) is 0 Å². The summed E-state index contributed by atoms with van der Waals surface area (Å²) < 4.78 is 2.69. The summed E-state index contributed by atoms with van der Waals surface area (Å²) in [4.78, 5) is 2.70. The zero-order valence-corrected chi connectivity index (χ0v) is 21.6. The molecule has 4 aliphatic rings. The number of para-hydroxylation sites is 1. The maximum atomic E-state index is 3.82. The Labute approximate surface area is 222 Å². The van der Waals surface area contributed by atoms with Crippen LogP contribution in [-0.4, -0.2) is 21.2 Å². The Morgan fingerprint density at radius 3 is 2.39 bits per heavy atom. The zero-order valence-electron chi connectivity index (χ0n) is 21.6. The van der Waals surface area contributed by atoms with Gasteiger partial charge in [0, 0.05) is 16.2 Å². The van der Waals surface area contributed by atoms with Crippen LogP contribution in [0.5, 0.6) is 0 Å². The molecule has 184 valence electrons. The van der Waals surface area contributed by atoms with E-state index in [0.717, 1.165) is 0 Å². The summed E-state index contributed by atoms with van der Waals surface area (Å²) in [6.07, 6.45) is 9.27. The topological polar surface area (TPSA) is 29.9 Å². The Morgan fingerprint density at radius 2 is 1.53 bits per heavy atom. The van der Waals surface area contributed by atoms with Gasteiger partial charge in [0.2, 0.25) is 0 Å². The Bertz CT molecular complexity index is 1860. The molecule has 38 heavy (non-hydrogen) atoms. The first-order chi connectivity index (χ1) is 18.6. The third-order valence-electron chi connectivity index (χ3n) is 9.54. The van der Waals surface area contributed by atoms with Crippen LogP contribution in [0.25, 0.3) is 32.9 Å². The molecule has 2 saturated heterocycles. The number of nitrogens with zero attached hydrogens (tertiary/aromatic N) is 2. The molecule has 2 fully saturated rings. The molecule has 3 heteroatoms. The number of fused-ring (bicyclic) bond motifs is 8. The van der Waals surface area contributed by atoms with E-state index in [1.54, 1.807) is 0 Å². The van der Waals surface area contributed by atoms with Crippen LogP contribution in [0.3, 0.4) is 0 Å². The minimum atomic E-state index is -0.117. The van der Waals surface area contributed by atoms with Crippen molar-refractivity contribution in [2.45, 2.75) is 43.2 Å². The van der Waals surface area contributed by atoms with E-state index >= 15 is 0 Å². The lowest BCUT2D eigenvalue weighted by Gasteiger charge is -2.24. The highest BCUT2D eigenvalue weighted by Gasteiger charge is 2.69. The summed E-state index contributed by atoms with van der Waals surface area (Å²) in [5.74, 6) is 0. The van der Waals surface area contributed by atoms with E-state index in [4.69, 9.17) is 0 Å². The predicted octanol–water partition coefficient (Wildman–Crippen LogP) is 7.45. The molecular weight excluding hydrogens is 462 g/mol. The van der Waals surface area contributed by atoms with Gasteiger partial charge in [0.25, 0.3) is 0 Å². The molecule has 5 aromatic rings. The lowest BCUT2D eigenvalue weighted by Crippen LogP contribution is -2.28. The fourth-order valence-electron chi connectivity index (χ4n) is 7.79. The van der Waals surface area contributed by atoms with E-state index in [1.807, 2.05) is 0 Å². The first kappa shape index (κ1) is 21.1. The molecule has 0 saturated carbocycles. The van der Waals surface area contributed by atoms with E-state index in [9.17, 15) is 0 Å². The zero-order chi connectivity index (χ0) is 25.2. The van der Waals surface area contributed by atoms with Crippen molar-refractivity contribution in [1.29, 1.82) is 0 Å². The standard InChI is InChI=1S/C35H29N3/c1-34(2)27-16-8-6-14-23(27)25-19-20-26-24-15-7-9-17-28(24)37(32(26)30(25)34)33-31(22-12-4-3-5-13-22)38(33)35-21-11-10-18-29(35)36-35/h3-21,29,31,33,36H,1-2H3. The highest BCUT2D eigenvalue weighted by molar-refractivity contribution is 6.12. The van der Waals surface area contributed by atoms with Gasteiger partial charge >= 0.3 is 0 Å². The van der Waals surface area contributed by atoms with Crippen LogP contribution in [0, 0.1) is 0 Å². The maximum Gasteiger partial charge on any atom is 0.113 e. The van der Waals surface area contributed by atoms with Gasteiger partial charge in [0.1, 0.15) is 11.8 Å². The summed E-state index contributed by atoms with van der Waals surface area (Å²) in [6.45, 7) is 4.81. The largest absolute Gasteiger partial charge is 0.322 e. The van der Waals surface area contributed by atoms with Crippen LogP contribution >= 0.6 is 0 Å². The molecule has 0 radical (unpaired) electrons. The van der Waals surface area contributed by atoms with Crippen LogP contribution in [0.15, 0.2) is 115 Å². The maximum absolute atomic E-state index is 3.82. The highest BCUT2D eigenvalue weighted by atomic mass is 15.6. The van der Waals surface area contributed by atoms with Crippen LogP contribution in [0.2, 0.25) is 0 Å². The van der Waals surface area contributed by atoms with Crippen LogP contribution in [-0.2, 0) is 5.41 Å². The number of hydrogen-bond acceptors (Lipinski definition) is 2. The third kappa shape index (κ3) is 2.47. The minimum absolute atomic E-state index is 0.0777. The second-order valence-electron chi connectivity index (χ2n) is 11.8. The van der Waals surface area contributed by atoms with Crippen molar-refractivity contribution in [3.8, 4) is 11.1 Å². The fourth-order valence-corrected chi connectivity index (χ4v) is 7.79. The van der Waals surface area contributed by atoms with E-state index in [0.29, 0.717) is 12.1 Å². The quantitative estimate of drug-likeness (QED) is 0.266. The van der Waals surface area contributed by atoms with Gasteiger partial charge in [-0.3, -0.25) is 5.32 Å². The smallest absolute Gasteiger partial charge is 0.113 e. The van der Waals surface area contributed by atoms with Crippen LogP contribution < -0.4 is 5.32 Å². The van der Waals surface area contributed by atoms with Crippen molar-refractivity contribution in [2.75, 3.05) is 0 Å². The summed E-state index contributed by atoms with van der Waals surface area (Å²) >= 11 is 0. The number of aromatic nitrogens is 1. The highest BCUT2D eigenvalue weighted by Crippen LogP contribution is 2.63. The summed E-state index contributed by atoms with van der Waals surface area (Å²) in [7, 11) is 0. The number of hydrogen-bond donors (Lipinski definition) is 1. The molecule has 9 rings (SSSR count). The number of benzene rings is 4. The van der Waals surface area contributed by atoms with Crippen LogP contribution in [0.4, 0.5) is 0 Å². The van der Waals surface area contributed by atoms with Gasteiger partial charge in [0.05, 0.1) is 23.1 Å². The van der Waals surface area contributed by atoms with Gasteiger partial charge < -0.3 is 4.57 Å².